The van der Waals surface area contributed by atoms with E-state index in [1.54, 1.807) is 12.3 Å². The van der Waals surface area contributed by atoms with Gasteiger partial charge in [0.25, 0.3) is 0 Å². The van der Waals surface area contributed by atoms with E-state index in [1.807, 2.05) is 0 Å². The van der Waals surface area contributed by atoms with Crippen LogP contribution in [-0.4, -0.2) is 18.8 Å². The SMILES string of the molecule is CC(=O)/C=C/c1cnc([Si](C(C)C)(C(C)C)C(C)C)o1. The number of hydrogen-bond acceptors (Lipinski definition) is 3. The van der Waals surface area contributed by atoms with E-state index >= 15 is 0 Å². The van der Waals surface area contributed by atoms with Crippen molar-refractivity contribution in [2.75, 3.05) is 0 Å². The zero-order valence-corrected chi connectivity index (χ0v) is 14.7. The summed E-state index contributed by atoms with van der Waals surface area (Å²) in [6, 6.07) is 0. The Hall–Kier alpha value is -1.16. The van der Waals surface area contributed by atoms with E-state index in [4.69, 9.17) is 4.42 Å². The van der Waals surface area contributed by atoms with Crippen molar-refractivity contribution in [3.8, 4) is 0 Å². The van der Waals surface area contributed by atoms with Crippen molar-refractivity contribution in [3.63, 3.8) is 0 Å². The van der Waals surface area contributed by atoms with Crippen LogP contribution in [0.2, 0.25) is 16.6 Å². The number of aromatic nitrogens is 1. The van der Waals surface area contributed by atoms with Crippen LogP contribution in [0, 0.1) is 0 Å². The minimum absolute atomic E-state index is 0.0167. The molecule has 0 aliphatic heterocycles. The second kappa shape index (κ2) is 6.53. The molecule has 0 saturated heterocycles. The van der Waals surface area contributed by atoms with E-state index in [-0.39, 0.29) is 5.78 Å². The van der Waals surface area contributed by atoms with Crippen molar-refractivity contribution in [3.05, 3.63) is 18.0 Å². The predicted octanol–water partition coefficient (Wildman–Crippen LogP) is 4.16. The first-order valence-corrected chi connectivity index (χ1v) is 9.61. The molecule has 0 aliphatic rings. The van der Waals surface area contributed by atoms with Gasteiger partial charge in [0, 0.05) is 0 Å². The number of allylic oxidation sites excluding steroid dienone is 1. The molecule has 1 rings (SSSR count). The zero-order valence-electron chi connectivity index (χ0n) is 13.7. The lowest BCUT2D eigenvalue weighted by Gasteiger charge is -2.39. The molecule has 0 spiro atoms. The molecule has 0 aliphatic carbocycles. The summed E-state index contributed by atoms with van der Waals surface area (Å²) < 4.78 is 6.00. The number of hydrogen-bond donors (Lipinski definition) is 0. The van der Waals surface area contributed by atoms with Crippen LogP contribution in [0.3, 0.4) is 0 Å². The number of oxazole rings is 1. The maximum absolute atomic E-state index is 11.0. The van der Waals surface area contributed by atoms with Gasteiger partial charge >= 0.3 is 0 Å². The van der Waals surface area contributed by atoms with Crippen LogP contribution in [0.5, 0.6) is 0 Å². The molecule has 0 N–H and O–H groups in total. The van der Waals surface area contributed by atoms with Crippen molar-refractivity contribution in [2.24, 2.45) is 0 Å². The monoisotopic (exact) mass is 293 g/mol. The summed E-state index contributed by atoms with van der Waals surface area (Å²) >= 11 is 0. The number of carbonyl (C=O) groups is 1. The van der Waals surface area contributed by atoms with E-state index in [9.17, 15) is 4.79 Å². The van der Waals surface area contributed by atoms with Gasteiger partial charge in [-0.3, -0.25) is 4.79 Å². The van der Waals surface area contributed by atoms with Crippen molar-refractivity contribution in [2.45, 2.75) is 65.1 Å². The van der Waals surface area contributed by atoms with Crippen molar-refractivity contribution >= 4 is 25.4 Å². The molecular formula is C16H27NO2Si. The Bertz CT molecular complexity index is 465. The molecule has 4 heteroatoms. The highest BCUT2D eigenvalue weighted by Gasteiger charge is 2.48. The maximum Gasteiger partial charge on any atom is 0.167 e. The third-order valence-electron chi connectivity index (χ3n) is 4.24. The lowest BCUT2D eigenvalue weighted by molar-refractivity contribution is -0.112. The molecule has 0 unspecified atom stereocenters. The van der Waals surface area contributed by atoms with Crippen LogP contribution < -0.4 is 5.51 Å². The molecule has 3 nitrogen and oxygen atoms in total. The van der Waals surface area contributed by atoms with Crippen LogP contribution in [0.15, 0.2) is 16.7 Å². The van der Waals surface area contributed by atoms with Gasteiger partial charge in [-0.05, 0) is 35.7 Å². The fourth-order valence-corrected chi connectivity index (χ4v) is 9.57. The fraction of sp³-hybridized carbons (Fsp3) is 0.625. The quantitative estimate of drug-likeness (QED) is 0.584. The molecule has 0 radical (unpaired) electrons. The molecule has 1 aromatic rings. The molecular weight excluding hydrogens is 266 g/mol. The van der Waals surface area contributed by atoms with Gasteiger partial charge in [-0.1, -0.05) is 41.5 Å². The summed E-state index contributed by atoms with van der Waals surface area (Å²) in [7, 11) is -1.84. The minimum Gasteiger partial charge on any atom is -0.446 e. The lowest BCUT2D eigenvalue weighted by atomic mass is 10.3. The standard InChI is InChI=1S/C16H27NO2Si/c1-11(2)20(12(3)4,13(5)6)16-17-10-15(19-16)9-8-14(7)18/h8-13H,1-7H3/b9-8+. The Morgan fingerprint density at radius 1 is 1.15 bits per heavy atom. The Balaban J connectivity index is 3.26. The summed E-state index contributed by atoms with van der Waals surface area (Å²) in [4.78, 5) is 15.6. The first-order valence-electron chi connectivity index (χ1n) is 7.37. The summed E-state index contributed by atoms with van der Waals surface area (Å²) in [5, 5.41) is 0. The Labute approximate surface area is 123 Å². The normalized spacial score (nSPS) is 13.1. The average molecular weight is 293 g/mol. The first-order chi connectivity index (χ1) is 9.22. The molecule has 0 aromatic carbocycles. The Morgan fingerprint density at radius 2 is 1.65 bits per heavy atom. The van der Waals surface area contributed by atoms with Crippen molar-refractivity contribution < 1.29 is 9.21 Å². The second-order valence-corrected chi connectivity index (χ2v) is 12.2. The van der Waals surface area contributed by atoms with Gasteiger partial charge in [-0.15, -0.1) is 0 Å². The van der Waals surface area contributed by atoms with Crippen LogP contribution >= 0.6 is 0 Å². The van der Waals surface area contributed by atoms with Crippen molar-refractivity contribution in [1.29, 1.82) is 0 Å². The van der Waals surface area contributed by atoms with Crippen LogP contribution in [-0.2, 0) is 4.79 Å². The number of carbonyl (C=O) groups excluding carboxylic acids is 1. The maximum atomic E-state index is 11.0. The van der Waals surface area contributed by atoms with E-state index in [0.717, 1.165) is 5.51 Å². The van der Waals surface area contributed by atoms with Gasteiger partial charge < -0.3 is 4.42 Å². The van der Waals surface area contributed by atoms with Crippen molar-refractivity contribution in [1.82, 2.24) is 4.98 Å². The smallest absolute Gasteiger partial charge is 0.167 e. The van der Waals surface area contributed by atoms with E-state index < -0.39 is 8.07 Å². The third-order valence-corrected chi connectivity index (χ3v) is 10.9. The minimum atomic E-state index is -1.84. The van der Waals surface area contributed by atoms with E-state index in [2.05, 4.69) is 46.5 Å². The fourth-order valence-electron chi connectivity index (χ4n) is 3.50. The highest BCUT2D eigenvalue weighted by atomic mass is 28.3. The molecule has 0 bridgehead atoms. The zero-order chi connectivity index (χ0) is 15.5. The van der Waals surface area contributed by atoms with Crippen LogP contribution in [0.4, 0.5) is 0 Å². The van der Waals surface area contributed by atoms with E-state index in [1.165, 1.54) is 13.0 Å². The molecule has 20 heavy (non-hydrogen) atoms. The molecule has 1 aromatic heterocycles. The predicted molar refractivity (Wildman–Crippen MR) is 86.9 cm³/mol. The lowest BCUT2D eigenvalue weighted by Crippen LogP contribution is -2.56. The molecule has 0 atom stereocenters. The summed E-state index contributed by atoms with van der Waals surface area (Å²) in [5.74, 6) is 0.692. The number of rotatable bonds is 6. The van der Waals surface area contributed by atoms with Gasteiger partial charge in [-0.2, -0.15) is 0 Å². The van der Waals surface area contributed by atoms with Gasteiger partial charge in [-0.25, -0.2) is 4.98 Å². The number of nitrogens with zero attached hydrogens (tertiary/aromatic N) is 1. The molecule has 1 heterocycles. The number of ketones is 1. The Kier molecular flexibility index (Phi) is 5.51. The summed E-state index contributed by atoms with van der Waals surface area (Å²) in [6.45, 7) is 15.2. The summed E-state index contributed by atoms with van der Waals surface area (Å²) in [5.41, 5.74) is 2.60. The highest BCUT2D eigenvalue weighted by Crippen LogP contribution is 2.40. The van der Waals surface area contributed by atoms with Gasteiger partial charge in [0.1, 0.15) is 5.76 Å². The molecule has 0 fully saturated rings. The van der Waals surface area contributed by atoms with Crippen LogP contribution in [0.1, 0.15) is 54.2 Å². The molecule has 0 saturated carbocycles. The van der Waals surface area contributed by atoms with E-state index in [0.29, 0.717) is 22.4 Å². The van der Waals surface area contributed by atoms with Gasteiger partial charge in [0.05, 0.1) is 6.20 Å². The van der Waals surface area contributed by atoms with Gasteiger partial charge in [0.15, 0.2) is 19.4 Å². The largest absolute Gasteiger partial charge is 0.446 e. The average Bonchev–Trinajstić information content (AvgIpc) is 2.74. The second-order valence-electron chi connectivity index (χ2n) is 6.41. The first kappa shape index (κ1) is 16.9. The summed E-state index contributed by atoms with van der Waals surface area (Å²) in [6.07, 6.45) is 4.97. The highest BCUT2D eigenvalue weighted by molar-refractivity contribution is 6.93. The Morgan fingerprint density at radius 3 is 2.05 bits per heavy atom. The molecule has 0 amide bonds. The third kappa shape index (κ3) is 3.11. The topological polar surface area (TPSA) is 43.1 Å². The molecule has 112 valence electrons. The van der Waals surface area contributed by atoms with Crippen LogP contribution in [0.25, 0.3) is 6.08 Å². The van der Waals surface area contributed by atoms with Gasteiger partial charge in [0.2, 0.25) is 0 Å².